The summed E-state index contributed by atoms with van der Waals surface area (Å²) in [5.74, 6) is 1.36. The van der Waals surface area contributed by atoms with Crippen LogP contribution in [0.2, 0.25) is 0 Å². The van der Waals surface area contributed by atoms with Crippen LogP contribution >= 0.6 is 34.2 Å². The van der Waals surface area contributed by atoms with Crippen LogP contribution in [0.3, 0.4) is 0 Å². The lowest BCUT2D eigenvalue weighted by Crippen LogP contribution is -2.09. The maximum atomic E-state index is 6.05. The Labute approximate surface area is 111 Å². The quantitative estimate of drug-likeness (QED) is 0.554. The molecule has 0 nitrogen and oxygen atoms in total. The zero-order valence-electron chi connectivity index (χ0n) is 9.35. The highest BCUT2D eigenvalue weighted by Gasteiger charge is 2.67. The first-order chi connectivity index (χ1) is 6.94. The number of hydrogen-bond donors (Lipinski definition) is 0. The molecule has 0 aliphatic heterocycles. The van der Waals surface area contributed by atoms with Crippen molar-refractivity contribution in [3.63, 3.8) is 0 Å². The van der Waals surface area contributed by atoms with Gasteiger partial charge in [0.1, 0.15) is 0 Å². The summed E-state index contributed by atoms with van der Waals surface area (Å²) < 4.78 is 1.29. The Morgan fingerprint density at radius 3 is 2.13 bits per heavy atom. The van der Waals surface area contributed by atoms with E-state index in [2.05, 4.69) is 67.6 Å². The fourth-order valence-electron chi connectivity index (χ4n) is 2.82. The minimum Gasteiger partial charge on any atom is -0.126 e. The smallest absolute Gasteiger partial charge is 0.0265 e. The third-order valence-corrected chi connectivity index (χ3v) is 5.45. The van der Waals surface area contributed by atoms with E-state index in [4.69, 9.17) is 11.6 Å². The van der Waals surface area contributed by atoms with E-state index in [0.717, 1.165) is 5.88 Å². The van der Waals surface area contributed by atoms with Crippen LogP contribution in [-0.2, 0) is 5.41 Å². The third kappa shape index (κ3) is 1.54. The van der Waals surface area contributed by atoms with E-state index in [0.29, 0.717) is 11.3 Å². The lowest BCUT2D eigenvalue weighted by atomic mass is 9.90. The predicted molar refractivity (Wildman–Crippen MR) is 74.5 cm³/mol. The van der Waals surface area contributed by atoms with Crippen molar-refractivity contribution in [3.05, 3.63) is 33.4 Å². The van der Waals surface area contributed by atoms with Crippen molar-refractivity contribution < 1.29 is 0 Å². The predicted octanol–water partition coefficient (Wildman–Crippen LogP) is 4.44. The Morgan fingerprint density at radius 1 is 1.20 bits per heavy atom. The average molecular weight is 335 g/mol. The van der Waals surface area contributed by atoms with E-state index < -0.39 is 0 Å². The van der Waals surface area contributed by atoms with E-state index in [1.165, 1.54) is 9.13 Å². The standard InChI is InChI=1S/C13H16ClI/c1-12(2)11(8-14)13(12,3)9-4-6-10(15)7-5-9/h4-7,11H,8H2,1-3H3. The SMILES string of the molecule is CC1(C)C(CCl)C1(C)c1ccc(I)cc1. The van der Waals surface area contributed by atoms with Crippen molar-refractivity contribution in [1.29, 1.82) is 0 Å². The summed E-state index contributed by atoms with van der Waals surface area (Å²) in [4.78, 5) is 0. The monoisotopic (exact) mass is 334 g/mol. The van der Waals surface area contributed by atoms with Gasteiger partial charge in [-0.3, -0.25) is 0 Å². The molecule has 0 saturated heterocycles. The van der Waals surface area contributed by atoms with Gasteiger partial charge >= 0.3 is 0 Å². The van der Waals surface area contributed by atoms with Gasteiger partial charge in [-0.2, -0.15) is 0 Å². The largest absolute Gasteiger partial charge is 0.126 e. The summed E-state index contributed by atoms with van der Waals surface area (Å²) in [6.07, 6.45) is 0. The highest BCUT2D eigenvalue weighted by Crippen LogP contribution is 2.69. The zero-order valence-corrected chi connectivity index (χ0v) is 12.3. The molecule has 2 heteroatoms. The molecule has 1 fully saturated rings. The molecule has 1 aromatic carbocycles. The second-order valence-corrected chi connectivity index (χ2v) is 6.69. The molecule has 2 atom stereocenters. The Morgan fingerprint density at radius 2 is 1.73 bits per heavy atom. The van der Waals surface area contributed by atoms with Crippen molar-refractivity contribution in [1.82, 2.24) is 0 Å². The molecular weight excluding hydrogens is 318 g/mol. The Kier molecular flexibility index (Phi) is 2.83. The molecule has 2 unspecified atom stereocenters. The maximum absolute atomic E-state index is 6.05. The molecule has 0 heterocycles. The van der Waals surface area contributed by atoms with Crippen LogP contribution in [0.15, 0.2) is 24.3 Å². The summed E-state index contributed by atoms with van der Waals surface area (Å²) in [6.45, 7) is 6.97. The minimum atomic E-state index is 0.263. The van der Waals surface area contributed by atoms with Crippen molar-refractivity contribution in [2.75, 3.05) is 5.88 Å². The van der Waals surface area contributed by atoms with Crippen molar-refractivity contribution in [3.8, 4) is 0 Å². The molecule has 0 bridgehead atoms. The molecule has 15 heavy (non-hydrogen) atoms. The van der Waals surface area contributed by atoms with E-state index in [-0.39, 0.29) is 5.41 Å². The molecule has 1 aliphatic carbocycles. The van der Waals surface area contributed by atoms with Crippen molar-refractivity contribution >= 4 is 34.2 Å². The number of alkyl halides is 1. The zero-order chi connectivity index (χ0) is 11.3. The van der Waals surface area contributed by atoms with Gasteiger partial charge in [0.2, 0.25) is 0 Å². The van der Waals surface area contributed by atoms with Crippen LogP contribution < -0.4 is 0 Å². The van der Waals surface area contributed by atoms with E-state index >= 15 is 0 Å². The second-order valence-electron chi connectivity index (χ2n) is 5.14. The van der Waals surface area contributed by atoms with Gasteiger partial charge in [0.05, 0.1) is 0 Å². The molecule has 82 valence electrons. The van der Waals surface area contributed by atoms with Gasteiger partial charge in [-0.05, 0) is 51.6 Å². The van der Waals surface area contributed by atoms with Crippen LogP contribution in [0.5, 0.6) is 0 Å². The van der Waals surface area contributed by atoms with E-state index in [1.807, 2.05) is 0 Å². The summed E-state index contributed by atoms with van der Waals surface area (Å²) in [5, 5.41) is 0. The van der Waals surface area contributed by atoms with Gasteiger partial charge in [0, 0.05) is 14.9 Å². The molecule has 1 aliphatic rings. The molecule has 2 rings (SSSR count). The third-order valence-electron chi connectivity index (χ3n) is 4.42. The van der Waals surface area contributed by atoms with Gasteiger partial charge in [-0.1, -0.05) is 32.9 Å². The first-order valence-corrected chi connectivity index (χ1v) is 6.88. The molecular formula is C13H16ClI. The molecule has 0 radical (unpaired) electrons. The normalized spacial score (nSPS) is 32.7. The highest BCUT2D eigenvalue weighted by molar-refractivity contribution is 14.1. The molecule has 0 spiro atoms. The highest BCUT2D eigenvalue weighted by atomic mass is 127. The maximum Gasteiger partial charge on any atom is 0.0265 e. The number of rotatable bonds is 2. The Hall–Kier alpha value is 0.240. The van der Waals surface area contributed by atoms with Crippen molar-refractivity contribution in [2.24, 2.45) is 11.3 Å². The summed E-state index contributed by atoms with van der Waals surface area (Å²) in [7, 11) is 0. The van der Waals surface area contributed by atoms with Crippen LogP contribution in [0.4, 0.5) is 0 Å². The average Bonchev–Trinajstić information content (AvgIpc) is 2.62. The Bertz CT molecular complexity index is 369. The van der Waals surface area contributed by atoms with Gasteiger partial charge < -0.3 is 0 Å². The molecule has 0 N–H and O–H groups in total. The van der Waals surface area contributed by atoms with Gasteiger partial charge in [0.25, 0.3) is 0 Å². The van der Waals surface area contributed by atoms with Gasteiger partial charge in [-0.15, -0.1) is 11.6 Å². The van der Waals surface area contributed by atoms with Gasteiger partial charge in [0.15, 0.2) is 0 Å². The van der Waals surface area contributed by atoms with E-state index in [1.54, 1.807) is 0 Å². The van der Waals surface area contributed by atoms with Crippen LogP contribution in [0.1, 0.15) is 26.3 Å². The van der Waals surface area contributed by atoms with Crippen LogP contribution in [0, 0.1) is 14.9 Å². The first-order valence-electron chi connectivity index (χ1n) is 5.26. The number of halogens is 2. The summed E-state index contributed by atoms with van der Waals surface area (Å²) in [6, 6.07) is 8.85. The topological polar surface area (TPSA) is 0 Å². The lowest BCUT2D eigenvalue weighted by molar-refractivity contribution is 0.522. The number of benzene rings is 1. The van der Waals surface area contributed by atoms with E-state index in [9.17, 15) is 0 Å². The van der Waals surface area contributed by atoms with Crippen LogP contribution in [0.25, 0.3) is 0 Å². The fourth-order valence-corrected chi connectivity index (χ4v) is 3.87. The molecule has 0 amide bonds. The summed E-state index contributed by atoms with van der Waals surface area (Å²) in [5.41, 5.74) is 2.03. The second kappa shape index (κ2) is 3.63. The van der Waals surface area contributed by atoms with Gasteiger partial charge in [-0.25, -0.2) is 0 Å². The molecule has 0 aromatic heterocycles. The Balaban J connectivity index is 2.36. The fraction of sp³-hybridized carbons (Fsp3) is 0.538. The lowest BCUT2D eigenvalue weighted by Gasteiger charge is -2.15. The van der Waals surface area contributed by atoms with Crippen LogP contribution in [-0.4, -0.2) is 5.88 Å². The molecule has 1 aromatic rings. The number of hydrogen-bond acceptors (Lipinski definition) is 0. The first kappa shape index (κ1) is 11.7. The minimum absolute atomic E-state index is 0.263. The molecule has 1 saturated carbocycles. The summed E-state index contributed by atoms with van der Waals surface area (Å²) >= 11 is 8.39. The van der Waals surface area contributed by atoms with Crippen molar-refractivity contribution in [2.45, 2.75) is 26.2 Å².